The number of Topliss-reactive ketones (excluding diaryl/α,β-unsaturated/α-hetero) is 1. The van der Waals surface area contributed by atoms with Crippen LogP contribution in [0.3, 0.4) is 0 Å². The maximum absolute atomic E-state index is 11.6. The Morgan fingerprint density at radius 1 is 1.32 bits per heavy atom. The SMILES string of the molecule is CC(=O)c1cccc(OCC(=O)NCCCOCC2CC2)c1. The van der Waals surface area contributed by atoms with Crippen molar-refractivity contribution in [2.24, 2.45) is 5.92 Å². The fourth-order valence-corrected chi connectivity index (χ4v) is 1.94. The van der Waals surface area contributed by atoms with Crippen molar-refractivity contribution in [3.63, 3.8) is 0 Å². The molecule has 1 amide bonds. The summed E-state index contributed by atoms with van der Waals surface area (Å²) in [6, 6.07) is 6.82. The van der Waals surface area contributed by atoms with Gasteiger partial charge in [0.1, 0.15) is 5.75 Å². The lowest BCUT2D eigenvalue weighted by molar-refractivity contribution is -0.123. The molecule has 1 aromatic carbocycles. The summed E-state index contributed by atoms with van der Waals surface area (Å²) >= 11 is 0. The van der Waals surface area contributed by atoms with E-state index in [-0.39, 0.29) is 18.3 Å². The van der Waals surface area contributed by atoms with E-state index in [9.17, 15) is 9.59 Å². The van der Waals surface area contributed by atoms with Gasteiger partial charge in [-0.1, -0.05) is 12.1 Å². The van der Waals surface area contributed by atoms with Gasteiger partial charge in [0.25, 0.3) is 5.91 Å². The predicted molar refractivity (Wildman–Crippen MR) is 83.1 cm³/mol. The summed E-state index contributed by atoms with van der Waals surface area (Å²) in [7, 11) is 0. The number of amides is 1. The van der Waals surface area contributed by atoms with Crippen LogP contribution < -0.4 is 10.1 Å². The number of rotatable bonds is 10. The van der Waals surface area contributed by atoms with Crippen molar-refractivity contribution in [3.05, 3.63) is 29.8 Å². The summed E-state index contributed by atoms with van der Waals surface area (Å²) in [5.74, 6) is 1.10. The van der Waals surface area contributed by atoms with Crippen molar-refractivity contribution in [2.45, 2.75) is 26.2 Å². The second-order valence-electron chi connectivity index (χ2n) is 5.59. The Morgan fingerprint density at radius 2 is 2.14 bits per heavy atom. The summed E-state index contributed by atoms with van der Waals surface area (Å²) in [5.41, 5.74) is 0.575. The fraction of sp³-hybridized carbons (Fsp3) is 0.529. The van der Waals surface area contributed by atoms with Crippen LogP contribution in [-0.4, -0.2) is 38.1 Å². The lowest BCUT2D eigenvalue weighted by Gasteiger charge is -2.08. The predicted octanol–water partition coefficient (Wildman–Crippen LogP) is 2.20. The molecule has 0 aromatic heterocycles. The molecule has 0 aliphatic heterocycles. The molecule has 2 rings (SSSR count). The number of ketones is 1. The topological polar surface area (TPSA) is 64.6 Å². The fourth-order valence-electron chi connectivity index (χ4n) is 1.94. The smallest absolute Gasteiger partial charge is 0.257 e. The molecule has 1 aliphatic rings. The van der Waals surface area contributed by atoms with Gasteiger partial charge in [0, 0.05) is 25.3 Å². The zero-order valence-electron chi connectivity index (χ0n) is 13.0. The molecule has 0 saturated heterocycles. The molecule has 0 spiro atoms. The molecular weight excluding hydrogens is 282 g/mol. The normalized spacial score (nSPS) is 13.7. The summed E-state index contributed by atoms with van der Waals surface area (Å²) < 4.78 is 10.9. The highest BCUT2D eigenvalue weighted by atomic mass is 16.5. The maximum Gasteiger partial charge on any atom is 0.257 e. The molecule has 1 N–H and O–H groups in total. The van der Waals surface area contributed by atoms with Gasteiger partial charge in [-0.15, -0.1) is 0 Å². The number of carbonyl (C=O) groups excluding carboxylic acids is 2. The standard InChI is InChI=1S/C17H23NO4/c1-13(19)15-4-2-5-16(10-15)22-12-17(20)18-8-3-9-21-11-14-6-7-14/h2,4-5,10,14H,3,6-9,11-12H2,1H3,(H,18,20). The average Bonchev–Trinajstić information content (AvgIpc) is 3.33. The third-order valence-corrected chi connectivity index (χ3v) is 3.45. The molecule has 5 heteroatoms. The highest BCUT2D eigenvalue weighted by Crippen LogP contribution is 2.28. The van der Waals surface area contributed by atoms with Crippen LogP contribution in [0.1, 0.15) is 36.5 Å². The van der Waals surface area contributed by atoms with Crippen LogP contribution in [0, 0.1) is 5.92 Å². The van der Waals surface area contributed by atoms with E-state index in [4.69, 9.17) is 9.47 Å². The van der Waals surface area contributed by atoms with Gasteiger partial charge in [-0.2, -0.15) is 0 Å². The minimum absolute atomic E-state index is 0.0268. The Hall–Kier alpha value is -1.88. The molecule has 0 unspecified atom stereocenters. The van der Waals surface area contributed by atoms with Crippen LogP contribution in [0.4, 0.5) is 0 Å². The maximum atomic E-state index is 11.6. The Bertz CT molecular complexity index is 511. The summed E-state index contributed by atoms with van der Waals surface area (Å²) in [6.07, 6.45) is 3.39. The van der Waals surface area contributed by atoms with Crippen molar-refractivity contribution in [3.8, 4) is 5.75 Å². The molecule has 1 saturated carbocycles. The first kappa shape index (κ1) is 16.5. The van der Waals surface area contributed by atoms with E-state index in [2.05, 4.69) is 5.32 Å². The largest absolute Gasteiger partial charge is 0.484 e. The molecule has 0 radical (unpaired) electrons. The quantitative estimate of drug-likeness (QED) is 0.531. The van der Waals surface area contributed by atoms with E-state index in [0.29, 0.717) is 24.5 Å². The van der Waals surface area contributed by atoms with E-state index >= 15 is 0 Å². The lowest BCUT2D eigenvalue weighted by atomic mass is 10.1. The van der Waals surface area contributed by atoms with Crippen molar-refractivity contribution in [1.82, 2.24) is 5.32 Å². The van der Waals surface area contributed by atoms with Gasteiger partial charge in [-0.05, 0) is 44.2 Å². The minimum Gasteiger partial charge on any atom is -0.484 e. The summed E-state index contributed by atoms with van der Waals surface area (Å²) in [6.45, 7) is 3.56. The first-order chi connectivity index (χ1) is 10.6. The number of benzene rings is 1. The molecule has 1 aromatic rings. The van der Waals surface area contributed by atoms with Crippen molar-refractivity contribution >= 4 is 11.7 Å². The Morgan fingerprint density at radius 3 is 2.86 bits per heavy atom. The number of nitrogens with one attached hydrogen (secondary N) is 1. The third-order valence-electron chi connectivity index (χ3n) is 3.45. The molecule has 0 heterocycles. The van der Waals surface area contributed by atoms with Gasteiger partial charge in [-0.25, -0.2) is 0 Å². The second-order valence-corrected chi connectivity index (χ2v) is 5.59. The van der Waals surface area contributed by atoms with Crippen LogP contribution in [-0.2, 0) is 9.53 Å². The van der Waals surface area contributed by atoms with Crippen molar-refractivity contribution < 1.29 is 19.1 Å². The Kier molecular flexibility index (Phi) is 6.40. The number of hydrogen-bond acceptors (Lipinski definition) is 4. The van der Waals surface area contributed by atoms with Crippen molar-refractivity contribution in [2.75, 3.05) is 26.4 Å². The molecule has 1 fully saturated rings. The van der Waals surface area contributed by atoms with E-state index in [1.165, 1.54) is 19.8 Å². The van der Waals surface area contributed by atoms with Gasteiger partial charge in [0.2, 0.25) is 0 Å². The van der Waals surface area contributed by atoms with Crippen LogP contribution in [0.5, 0.6) is 5.75 Å². The van der Waals surface area contributed by atoms with Crippen LogP contribution in [0.15, 0.2) is 24.3 Å². The summed E-state index contributed by atoms with van der Waals surface area (Å²) in [5, 5.41) is 2.78. The highest BCUT2D eigenvalue weighted by Gasteiger charge is 2.20. The van der Waals surface area contributed by atoms with Gasteiger partial charge in [-0.3, -0.25) is 9.59 Å². The summed E-state index contributed by atoms with van der Waals surface area (Å²) in [4.78, 5) is 22.9. The van der Waals surface area contributed by atoms with Crippen LogP contribution >= 0.6 is 0 Å². The molecule has 22 heavy (non-hydrogen) atoms. The first-order valence-corrected chi connectivity index (χ1v) is 7.73. The van der Waals surface area contributed by atoms with Crippen LogP contribution in [0.25, 0.3) is 0 Å². The minimum atomic E-state index is -0.171. The van der Waals surface area contributed by atoms with E-state index in [0.717, 1.165) is 18.9 Å². The molecule has 120 valence electrons. The highest BCUT2D eigenvalue weighted by molar-refractivity contribution is 5.94. The lowest BCUT2D eigenvalue weighted by Crippen LogP contribution is -2.30. The third kappa shape index (κ3) is 6.26. The van der Waals surface area contributed by atoms with Crippen molar-refractivity contribution in [1.29, 1.82) is 0 Å². The van der Waals surface area contributed by atoms with Gasteiger partial charge < -0.3 is 14.8 Å². The number of ether oxygens (including phenoxy) is 2. The second kappa shape index (κ2) is 8.54. The first-order valence-electron chi connectivity index (χ1n) is 7.73. The van der Waals surface area contributed by atoms with Gasteiger partial charge in [0.15, 0.2) is 12.4 Å². The Labute approximate surface area is 131 Å². The Balaban J connectivity index is 1.56. The molecule has 0 atom stereocenters. The molecule has 0 bridgehead atoms. The van der Waals surface area contributed by atoms with Gasteiger partial charge in [0.05, 0.1) is 0 Å². The van der Waals surface area contributed by atoms with E-state index < -0.39 is 0 Å². The molecule has 1 aliphatic carbocycles. The molecular formula is C17H23NO4. The monoisotopic (exact) mass is 305 g/mol. The number of carbonyl (C=O) groups is 2. The van der Waals surface area contributed by atoms with Crippen LogP contribution in [0.2, 0.25) is 0 Å². The zero-order valence-corrected chi connectivity index (χ0v) is 13.0. The zero-order chi connectivity index (χ0) is 15.8. The molecule has 5 nitrogen and oxygen atoms in total. The number of hydrogen-bond donors (Lipinski definition) is 1. The van der Waals surface area contributed by atoms with Gasteiger partial charge >= 0.3 is 0 Å². The van der Waals surface area contributed by atoms with E-state index in [1.807, 2.05) is 0 Å². The van der Waals surface area contributed by atoms with E-state index in [1.54, 1.807) is 24.3 Å². The average molecular weight is 305 g/mol.